The maximum Gasteiger partial charge on any atom is 0.166 e. The Morgan fingerprint density at radius 2 is 1.80 bits per heavy atom. The molecule has 3 rings (SSSR count). The first-order valence-electron chi connectivity index (χ1n) is 9.68. The summed E-state index contributed by atoms with van der Waals surface area (Å²) in [5.41, 5.74) is 1.34. The molecule has 2 fully saturated rings. The molecule has 1 aliphatic carbocycles. The van der Waals surface area contributed by atoms with E-state index in [1.54, 1.807) is 0 Å². The first-order valence-corrected chi connectivity index (χ1v) is 10.1. The van der Waals surface area contributed by atoms with Gasteiger partial charge < -0.3 is 15.4 Å². The van der Waals surface area contributed by atoms with Crippen LogP contribution < -0.4 is 10.6 Å². The largest absolute Gasteiger partial charge is 0.379 e. The van der Waals surface area contributed by atoms with Gasteiger partial charge in [-0.05, 0) is 37.5 Å². The zero-order valence-electron chi connectivity index (χ0n) is 15.2. The molecule has 1 aromatic carbocycles. The number of hydrogen-bond donors (Lipinski definition) is 2. The van der Waals surface area contributed by atoms with E-state index in [0.717, 1.165) is 31.4 Å². The number of ether oxygens (including phenoxy) is 1. The molecule has 1 saturated heterocycles. The van der Waals surface area contributed by atoms with Gasteiger partial charge in [-0.25, -0.2) is 0 Å². The van der Waals surface area contributed by atoms with E-state index >= 15 is 0 Å². The van der Waals surface area contributed by atoms with Gasteiger partial charge in [0.2, 0.25) is 0 Å². The van der Waals surface area contributed by atoms with Crippen molar-refractivity contribution in [3.8, 4) is 0 Å². The summed E-state index contributed by atoms with van der Waals surface area (Å²) >= 11 is 5.62. The third-order valence-corrected chi connectivity index (χ3v) is 5.59. The maximum atomic E-state index is 5.62. The predicted molar refractivity (Wildman–Crippen MR) is 107 cm³/mol. The number of rotatable bonds is 5. The highest BCUT2D eigenvalue weighted by Gasteiger charge is 2.28. The molecule has 4 nitrogen and oxygen atoms in total. The Labute approximate surface area is 157 Å². The van der Waals surface area contributed by atoms with E-state index in [4.69, 9.17) is 17.0 Å². The van der Waals surface area contributed by atoms with Gasteiger partial charge in [0, 0.05) is 25.2 Å². The van der Waals surface area contributed by atoms with E-state index in [0.29, 0.717) is 12.1 Å². The van der Waals surface area contributed by atoms with Gasteiger partial charge in [0.1, 0.15) is 0 Å². The molecule has 0 amide bonds. The van der Waals surface area contributed by atoms with E-state index in [2.05, 4.69) is 52.8 Å². The van der Waals surface area contributed by atoms with Crippen LogP contribution in [0.15, 0.2) is 30.3 Å². The number of morpholine rings is 1. The minimum Gasteiger partial charge on any atom is -0.379 e. The molecule has 2 N–H and O–H groups in total. The highest BCUT2D eigenvalue weighted by atomic mass is 32.1. The van der Waals surface area contributed by atoms with Crippen molar-refractivity contribution in [1.29, 1.82) is 0 Å². The monoisotopic (exact) mass is 361 g/mol. The van der Waals surface area contributed by atoms with Crippen LogP contribution in [-0.4, -0.2) is 48.4 Å². The Morgan fingerprint density at radius 1 is 1.12 bits per heavy atom. The van der Waals surface area contributed by atoms with Crippen molar-refractivity contribution in [1.82, 2.24) is 15.5 Å². The number of benzene rings is 1. The van der Waals surface area contributed by atoms with E-state index < -0.39 is 0 Å². The Hall–Kier alpha value is -1.17. The van der Waals surface area contributed by atoms with Gasteiger partial charge in [-0.1, -0.05) is 49.6 Å². The van der Waals surface area contributed by atoms with Crippen molar-refractivity contribution in [2.75, 3.05) is 26.3 Å². The Morgan fingerprint density at radius 3 is 2.48 bits per heavy atom. The molecule has 0 radical (unpaired) electrons. The summed E-state index contributed by atoms with van der Waals surface area (Å²) in [5, 5.41) is 7.90. The second-order valence-electron chi connectivity index (χ2n) is 7.25. The molecule has 2 atom stereocenters. The average Bonchev–Trinajstić information content (AvgIpc) is 2.64. The lowest BCUT2D eigenvalue weighted by molar-refractivity contribution is 0.0101. The number of nitrogens with one attached hydrogen (secondary N) is 2. The second kappa shape index (κ2) is 9.51. The van der Waals surface area contributed by atoms with Crippen molar-refractivity contribution in [2.45, 2.75) is 57.2 Å². The van der Waals surface area contributed by atoms with E-state index in [-0.39, 0.29) is 6.04 Å². The summed E-state index contributed by atoms with van der Waals surface area (Å²) in [6.07, 6.45) is 6.47. The fourth-order valence-electron chi connectivity index (χ4n) is 4.08. The summed E-state index contributed by atoms with van der Waals surface area (Å²) in [6, 6.07) is 11.8. The highest BCUT2D eigenvalue weighted by molar-refractivity contribution is 7.80. The Balaban J connectivity index is 1.63. The lowest BCUT2D eigenvalue weighted by Gasteiger charge is -2.39. The average molecular weight is 362 g/mol. The molecule has 0 aromatic heterocycles. The number of hydrogen-bond acceptors (Lipinski definition) is 3. The molecule has 2 aliphatic rings. The van der Waals surface area contributed by atoms with Crippen molar-refractivity contribution in [3.05, 3.63) is 35.9 Å². The van der Waals surface area contributed by atoms with Crippen LogP contribution in [0.25, 0.3) is 0 Å². The van der Waals surface area contributed by atoms with Crippen molar-refractivity contribution in [2.24, 2.45) is 0 Å². The molecule has 1 heterocycles. The van der Waals surface area contributed by atoms with E-state index in [1.807, 2.05) is 0 Å². The van der Waals surface area contributed by atoms with Gasteiger partial charge in [0.05, 0.1) is 19.3 Å². The quantitative estimate of drug-likeness (QED) is 0.788. The molecule has 0 spiro atoms. The Kier molecular flexibility index (Phi) is 7.08. The molecule has 1 aliphatic heterocycles. The molecule has 1 aromatic rings. The number of nitrogens with zero attached hydrogens (tertiary/aromatic N) is 1. The summed E-state index contributed by atoms with van der Waals surface area (Å²) in [7, 11) is 0. The molecule has 0 unspecified atom stereocenters. The molecule has 138 valence electrons. The molecular formula is C20H31N3OS. The molecule has 0 bridgehead atoms. The number of thiocarbonyl (C=S) groups is 1. The summed E-state index contributed by atoms with van der Waals surface area (Å²) < 4.78 is 5.55. The summed E-state index contributed by atoms with van der Waals surface area (Å²) in [6.45, 7) is 5.78. The van der Waals surface area contributed by atoms with Gasteiger partial charge in [0.15, 0.2) is 5.11 Å². The second-order valence-corrected chi connectivity index (χ2v) is 7.65. The molecular weight excluding hydrogens is 330 g/mol. The van der Waals surface area contributed by atoms with Gasteiger partial charge >= 0.3 is 0 Å². The summed E-state index contributed by atoms with van der Waals surface area (Å²) in [4.78, 5) is 2.51. The van der Waals surface area contributed by atoms with E-state index in [9.17, 15) is 0 Å². The van der Waals surface area contributed by atoms with Crippen LogP contribution in [-0.2, 0) is 4.74 Å². The van der Waals surface area contributed by atoms with Crippen molar-refractivity contribution in [3.63, 3.8) is 0 Å². The highest BCUT2D eigenvalue weighted by Crippen LogP contribution is 2.25. The van der Waals surface area contributed by atoms with Crippen LogP contribution in [0, 0.1) is 0 Å². The van der Waals surface area contributed by atoms with Gasteiger partial charge in [0.25, 0.3) is 0 Å². The first kappa shape index (κ1) is 18.6. The van der Waals surface area contributed by atoms with Gasteiger partial charge in [-0.2, -0.15) is 0 Å². The lowest BCUT2D eigenvalue weighted by atomic mass is 9.95. The smallest absolute Gasteiger partial charge is 0.166 e. The van der Waals surface area contributed by atoms with Crippen LogP contribution in [0.5, 0.6) is 0 Å². The van der Waals surface area contributed by atoms with Gasteiger partial charge in [-0.3, -0.25) is 4.90 Å². The zero-order chi connectivity index (χ0) is 17.5. The van der Waals surface area contributed by atoms with Crippen LogP contribution in [0.1, 0.15) is 50.6 Å². The van der Waals surface area contributed by atoms with Gasteiger partial charge in [-0.15, -0.1) is 0 Å². The normalized spacial score (nSPS) is 22.1. The SMILES string of the molecule is C[C@@H](NC(=S)NC1CCCCC1)[C@@H](c1ccccc1)N1CCOCC1. The zero-order valence-corrected chi connectivity index (χ0v) is 16.1. The lowest BCUT2D eigenvalue weighted by Crippen LogP contribution is -2.52. The van der Waals surface area contributed by atoms with Crippen LogP contribution in [0.3, 0.4) is 0 Å². The fraction of sp³-hybridized carbons (Fsp3) is 0.650. The molecule has 5 heteroatoms. The predicted octanol–water partition coefficient (Wildman–Crippen LogP) is 3.25. The molecule has 1 saturated carbocycles. The standard InChI is InChI=1S/C20H31N3OS/c1-16(21-20(25)22-18-10-6-3-7-11-18)19(17-8-4-2-5-9-17)23-12-14-24-15-13-23/h2,4-5,8-9,16,18-19H,3,6-7,10-15H2,1H3,(H2,21,22,25)/t16-,19+/m1/s1. The maximum absolute atomic E-state index is 5.62. The van der Waals surface area contributed by atoms with Crippen LogP contribution in [0.2, 0.25) is 0 Å². The Bertz CT molecular complexity index is 527. The van der Waals surface area contributed by atoms with Crippen LogP contribution in [0.4, 0.5) is 0 Å². The summed E-state index contributed by atoms with van der Waals surface area (Å²) in [5.74, 6) is 0. The third kappa shape index (κ3) is 5.40. The van der Waals surface area contributed by atoms with Crippen LogP contribution >= 0.6 is 12.2 Å². The first-order chi connectivity index (χ1) is 12.2. The van der Waals surface area contributed by atoms with E-state index in [1.165, 1.54) is 37.7 Å². The van der Waals surface area contributed by atoms with Crippen molar-refractivity contribution < 1.29 is 4.74 Å². The third-order valence-electron chi connectivity index (χ3n) is 5.35. The molecule has 25 heavy (non-hydrogen) atoms. The van der Waals surface area contributed by atoms with Crippen molar-refractivity contribution >= 4 is 17.3 Å². The minimum atomic E-state index is 0.240. The fourth-order valence-corrected chi connectivity index (χ4v) is 4.43. The minimum absolute atomic E-state index is 0.240. The topological polar surface area (TPSA) is 36.5 Å².